The zero-order valence-corrected chi connectivity index (χ0v) is 16.2. The normalized spacial score (nSPS) is 14.2. The monoisotopic (exact) mass is 392 g/mol. The minimum atomic E-state index is 0.182. The number of aryl methyl sites for hydroxylation is 1. The van der Waals surface area contributed by atoms with Crippen molar-refractivity contribution in [3.63, 3.8) is 0 Å². The molecule has 0 aliphatic carbocycles. The first-order valence-electron chi connectivity index (χ1n) is 9.22. The maximum Gasteiger partial charge on any atom is 0.231 e. The lowest BCUT2D eigenvalue weighted by molar-refractivity contribution is -0.642. The molecule has 146 valence electrons. The molecule has 3 heterocycles. The van der Waals surface area contributed by atoms with Crippen LogP contribution in [-0.4, -0.2) is 27.8 Å². The second kappa shape index (κ2) is 5.70. The Morgan fingerprint density at radius 3 is 2.28 bits per heavy atom. The van der Waals surface area contributed by atoms with Crippen molar-refractivity contribution in [2.45, 2.75) is 0 Å². The van der Waals surface area contributed by atoms with Gasteiger partial charge in [-0.3, -0.25) is 0 Å². The van der Waals surface area contributed by atoms with Crippen LogP contribution in [0.4, 0.5) is 0 Å². The topological polar surface area (TPSA) is 59.3 Å². The second-order valence-corrected chi connectivity index (χ2v) is 7.07. The van der Waals surface area contributed by atoms with Crippen molar-refractivity contribution in [1.29, 1.82) is 0 Å². The molecule has 6 rings (SSSR count). The van der Waals surface area contributed by atoms with E-state index in [-0.39, 0.29) is 13.6 Å². The Morgan fingerprint density at radius 1 is 0.793 bits per heavy atom. The van der Waals surface area contributed by atoms with Crippen LogP contribution in [0.3, 0.4) is 0 Å². The molecular formula is C22H18NO6+. The molecule has 0 unspecified atom stereocenters. The predicted octanol–water partition coefficient (Wildman–Crippen LogP) is 3.45. The van der Waals surface area contributed by atoms with Gasteiger partial charge < -0.3 is 28.4 Å². The molecule has 7 nitrogen and oxygen atoms in total. The smallest absolute Gasteiger partial charge is 0.231 e. The summed E-state index contributed by atoms with van der Waals surface area (Å²) in [5.74, 6) is 4.16. The average Bonchev–Trinajstić information content (AvgIpc) is 3.38. The fourth-order valence-corrected chi connectivity index (χ4v) is 4.38. The first kappa shape index (κ1) is 16.4. The molecule has 0 radical (unpaired) electrons. The van der Waals surface area contributed by atoms with Gasteiger partial charge in [-0.1, -0.05) is 0 Å². The van der Waals surface area contributed by atoms with Gasteiger partial charge in [0.05, 0.1) is 30.4 Å². The molecule has 0 saturated carbocycles. The zero-order valence-electron chi connectivity index (χ0n) is 16.2. The number of nitrogens with zero attached hydrogens (tertiary/aromatic N) is 1. The number of benzene rings is 3. The highest BCUT2D eigenvalue weighted by Crippen LogP contribution is 2.49. The van der Waals surface area contributed by atoms with Crippen LogP contribution in [0.15, 0.2) is 30.5 Å². The SMILES string of the molecule is COc1cc2c3c(OC)c4c(cc3c[n+](C)c2c2cc3c(cc12)OCO3)OCO4. The van der Waals surface area contributed by atoms with Gasteiger partial charge in [-0.05, 0) is 24.3 Å². The van der Waals surface area contributed by atoms with E-state index < -0.39 is 0 Å². The standard InChI is InChI=1S/C22H18NO6/c1-23-8-11-4-18-21(29-10-28-18)22(25-3)19(11)14-7-15(24-2)12-5-16-17(27-9-26-16)6-13(12)20(14)23/h4-8H,9-10H2,1-3H3/q+1. The van der Waals surface area contributed by atoms with E-state index in [0.29, 0.717) is 17.2 Å². The lowest BCUT2D eigenvalue weighted by Crippen LogP contribution is -2.28. The highest BCUT2D eigenvalue weighted by molar-refractivity contribution is 6.18. The minimum absolute atomic E-state index is 0.182. The van der Waals surface area contributed by atoms with Gasteiger partial charge in [0.25, 0.3) is 0 Å². The molecule has 1 aromatic heterocycles. The lowest BCUT2D eigenvalue weighted by atomic mass is 9.98. The summed E-state index contributed by atoms with van der Waals surface area (Å²) < 4.78 is 36.1. The van der Waals surface area contributed by atoms with Crippen molar-refractivity contribution < 1.29 is 33.0 Å². The summed E-state index contributed by atoms with van der Waals surface area (Å²) in [5.41, 5.74) is 1.03. The average molecular weight is 392 g/mol. The van der Waals surface area contributed by atoms with Crippen LogP contribution in [0.2, 0.25) is 0 Å². The molecule has 0 fully saturated rings. The van der Waals surface area contributed by atoms with Gasteiger partial charge in [-0.25, -0.2) is 0 Å². The molecule has 2 aliphatic heterocycles. The quantitative estimate of drug-likeness (QED) is 0.385. The van der Waals surface area contributed by atoms with Gasteiger partial charge in [0.1, 0.15) is 12.8 Å². The van der Waals surface area contributed by atoms with Gasteiger partial charge in [-0.15, -0.1) is 0 Å². The summed E-state index contributed by atoms with van der Waals surface area (Å²) in [6.45, 7) is 0.403. The van der Waals surface area contributed by atoms with Crippen molar-refractivity contribution in [2.24, 2.45) is 7.05 Å². The van der Waals surface area contributed by atoms with Crippen molar-refractivity contribution in [3.8, 4) is 34.5 Å². The van der Waals surface area contributed by atoms with E-state index in [1.54, 1.807) is 14.2 Å². The first-order chi connectivity index (χ1) is 14.2. The van der Waals surface area contributed by atoms with E-state index in [9.17, 15) is 0 Å². The van der Waals surface area contributed by atoms with E-state index in [2.05, 4.69) is 10.8 Å². The van der Waals surface area contributed by atoms with Crippen molar-refractivity contribution >= 4 is 32.4 Å². The molecule has 0 atom stereocenters. The number of pyridine rings is 1. The summed E-state index contributed by atoms with van der Waals surface area (Å²) >= 11 is 0. The van der Waals surface area contributed by atoms with Crippen LogP contribution in [0.25, 0.3) is 32.4 Å². The molecule has 3 aromatic carbocycles. The zero-order chi connectivity index (χ0) is 19.7. The third-order valence-electron chi connectivity index (χ3n) is 5.59. The summed E-state index contributed by atoms with van der Waals surface area (Å²) in [4.78, 5) is 0. The van der Waals surface area contributed by atoms with Crippen molar-refractivity contribution in [2.75, 3.05) is 27.8 Å². The van der Waals surface area contributed by atoms with E-state index in [1.165, 1.54) is 0 Å². The van der Waals surface area contributed by atoms with E-state index in [0.717, 1.165) is 49.7 Å². The van der Waals surface area contributed by atoms with Crippen LogP contribution in [0, 0.1) is 0 Å². The molecule has 0 N–H and O–H groups in total. The van der Waals surface area contributed by atoms with Gasteiger partial charge >= 0.3 is 0 Å². The Kier molecular flexibility index (Phi) is 3.21. The predicted molar refractivity (Wildman–Crippen MR) is 105 cm³/mol. The molecule has 0 bridgehead atoms. The number of rotatable bonds is 2. The van der Waals surface area contributed by atoms with E-state index >= 15 is 0 Å². The molecule has 29 heavy (non-hydrogen) atoms. The fraction of sp³-hybridized carbons (Fsp3) is 0.227. The Balaban J connectivity index is 1.85. The van der Waals surface area contributed by atoms with Gasteiger partial charge in [0.2, 0.25) is 24.9 Å². The highest BCUT2D eigenvalue weighted by Gasteiger charge is 2.28. The molecule has 0 spiro atoms. The van der Waals surface area contributed by atoms with Crippen LogP contribution in [-0.2, 0) is 7.05 Å². The lowest BCUT2D eigenvalue weighted by Gasteiger charge is -2.14. The van der Waals surface area contributed by atoms with E-state index in [4.69, 9.17) is 28.4 Å². The maximum atomic E-state index is 5.78. The Morgan fingerprint density at radius 2 is 1.52 bits per heavy atom. The number of hydrogen-bond acceptors (Lipinski definition) is 6. The van der Waals surface area contributed by atoms with Crippen LogP contribution in [0.1, 0.15) is 0 Å². The van der Waals surface area contributed by atoms with Gasteiger partial charge in [-0.2, -0.15) is 4.57 Å². The summed E-state index contributed by atoms with van der Waals surface area (Å²) in [6.07, 6.45) is 2.07. The molecule has 0 amide bonds. The number of methoxy groups -OCH3 is 2. The summed E-state index contributed by atoms with van der Waals surface area (Å²) in [7, 11) is 5.34. The number of fused-ring (bicyclic) bond motifs is 7. The Labute approximate surface area is 165 Å². The summed E-state index contributed by atoms with van der Waals surface area (Å²) in [5, 5.41) is 4.89. The Bertz CT molecular complexity index is 1350. The third-order valence-corrected chi connectivity index (χ3v) is 5.59. The molecule has 0 saturated heterocycles. The number of hydrogen-bond donors (Lipinski definition) is 0. The van der Waals surface area contributed by atoms with Gasteiger partial charge in [0.15, 0.2) is 29.2 Å². The van der Waals surface area contributed by atoms with Crippen molar-refractivity contribution in [3.05, 3.63) is 30.5 Å². The molecule has 4 aromatic rings. The van der Waals surface area contributed by atoms with Crippen molar-refractivity contribution in [1.82, 2.24) is 0 Å². The minimum Gasteiger partial charge on any atom is -0.496 e. The Hall–Kier alpha value is -3.61. The molecular weight excluding hydrogens is 374 g/mol. The van der Waals surface area contributed by atoms with Gasteiger partial charge in [0, 0.05) is 10.8 Å². The van der Waals surface area contributed by atoms with Crippen LogP contribution in [0.5, 0.6) is 34.5 Å². The highest BCUT2D eigenvalue weighted by atomic mass is 16.7. The maximum absolute atomic E-state index is 5.78. The third kappa shape index (κ3) is 2.10. The summed E-state index contributed by atoms with van der Waals surface area (Å²) in [6, 6.07) is 7.99. The van der Waals surface area contributed by atoms with Crippen LogP contribution < -0.4 is 33.0 Å². The fourth-order valence-electron chi connectivity index (χ4n) is 4.38. The van der Waals surface area contributed by atoms with Crippen LogP contribution >= 0.6 is 0 Å². The first-order valence-corrected chi connectivity index (χ1v) is 9.22. The van der Waals surface area contributed by atoms with E-state index in [1.807, 2.05) is 31.3 Å². The number of aromatic nitrogens is 1. The molecule has 7 heteroatoms. The second-order valence-electron chi connectivity index (χ2n) is 7.07. The largest absolute Gasteiger partial charge is 0.496 e. The number of ether oxygens (including phenoxy) is 6. The molecule has 2 aliphatic rings.